The molecule has 0 aliphatic heterocycles. The number of carbonyl (C=O) groups is 1. The van der Waals surface area contributed by atoms with Crippen LogP contribution < -0.4 is 0 Å². The first kappa shape index (κ1) is 7.26. The van der Waals surface area contributed by atoms with Crippen molar-refractivity contribution in [1.82, 2.24) is 0 Å². The Labute approximate surface area is 61.4 Å². The molecule has 1 heteroatoms. The Morgan fingerprint density at radius 1 is 1.80 bits per heavy atom. The van der Waals surface area contributed by atoms with E-state index in [1.807, 2.05) is 12.2 Å². The lowest BCUT2D eigenvalue weighted by atomic mass is 9.93. The average Bonchev–Trinajstić information content (AvgIpc) is 2.20. The highest BCUT2D eigenvalue weighted by molar-refractivity contribution is 5.94. The van der Waals surface area contributed by atoms with Gasteiger partial charge in [0.05, 0.1) is 0 Å². The van der Waals surface area contributed by atoms with E-state index in [0.717, 1.165) is 6.42 Å². The maximum atomic E-state index is 11.0. The van der Waals surface area contributed by atoms with Crippen LogP contribution in [0, 0.1) is 11.8 Å². The molecule has 1 rings (SSSR count). The highest BCUT2D eigenvalue weighted by Gasteiger charge is 2.24. The predicted molar refractivity (Wildman–Crippen MR) is 41.6 cm³/mol. The summed E-state index contributed by atoms with van der Waals surface area (Å²) in [6.45, 7) is 5.68. The van der Waals surface area contributed by atoms with Crippen LogP contribution in [0.1, 0.15) is 13.3 Å². The quantitative estimate of drug-likeness (QED) is 0.530. The number of hydrogen-bond donors (Lipinski definition) is 0. The van der Waals surface area contributed by atoms with Gasteiger partial charge in [0.2, 0.25) is 0 Å². The molecule has 1 aliphatic carbocycles. The topological polar surface area (TPSA) is 17.1 Å². The van der Waals surface area contributed by atoms with Gasteiger partial charge in [0.15, 0.2) is 5.78 Å². The van der Waals surface area contributed by atoms with E-state index in [1.54, 1.807) is 6.08 Å². The Bertz CT molecular complexity index is 179. The highest BCUT2D eigenvalue weighted by atomic mass is 16.1. The Morgan fingerprint density at radius 3 is 2.90 bits per heavy atom. The van der Waals surface area contributed by atoms with Gasteiger partial charge in [-0.25, -0.2) is 0 Å². The third-order valence-corrected chi connectivity index (χ3v) is 1.98. The van der Waals surface area contributed by atoms with Crippen molar-refractivity contribution in [3.63, 3.8) is 0 Å². The molecule has 0 bridgehead atoms. The molecule has 0 aromatic rings. The maximum Gasteiger partial charge on any atom is 0.159 e. The van der Waals surface area contributed by atoms with Gasteiger partial charge in [-0.2, -0.15) is 0 Å². The lowest BCUT2D eigenvalue weighted by Crippen LogP contribution is -2.11. The van der Waals surface area contributed by atoms with Crippen LogP contribution in [0.25, 0.3) is 0 Å². The first-order valence-corrected chi connectivity index (χ1v) is 3.58. The standard InChI is InChI=1S/C9H12O/c1-3-4-8-7(2)5-6-9(8)10/h3,5-8H,1,4H2,2H3. The van der Waals surface area contributed by atoms with Crippen molar-refractivity contribution in [2.45, 2.75) is 13.3 Å². The van der Waals surface area contributed by atoms with Crippen LogP contribution in [-0.2, 0) is 4.79 Å². The lowest BCUT2D eigenvalue weighted by Gasteiger charge is -2.09. The summed E-state index contributed by atoms with van der Waals surface area (Å²) in [6, 6.07) is 0. The lowest BCUT2D eigenvalue weighted by molar-refractivity contribution is -0.118. The summed E-state index contributed by atoms with van der Waals surface area (Å²) in [5.41, 5.74) is 0. The van der Waals surface area contributed by atoms with E-state index in [4.69, 9.17) is 0 Å². The molecule has 0 heterocycles. The summed E-state index contributed by atoms with van der Waals surface area (Å²) in [4.78, 5) is 11.0. The molecule has 0 aromatic carbocycles. The van der Waals surface area contributed by atoms with Crippen LogP contribution in [-0.4, -0.2) is 5.78 Å². The van der Waals surface area contributed by atoms with Crippen LogP contribution in [0.5, 0.6) is 0 Å². The van der Waals surface area contributed by atoms with Crippen molar-refractivity contribution >= 4 is 5.78 Å². The molecule has 0 N–H and O–H groups in total. The first-order chi connectivity index (χ1) is 4.75. The first-order valence-electron chi connectivity index (χ1n) is 3.58. The van der Waals surface area contributed by atoms with Gasteiger partial charge in [0.1, 0.15) is 0 Å². The summed E-state index contributed by atoms with van der Waals surface area (Å²) in [5.74, 6) is 0.843. The molecule has 2 atom stereocenters. The zero-order valence-corrected chi connectivity index (χ0v) is 6.21. The van der Waals surface area contributed by atoms with Crippen LogP contribution in [0.3, 0.4) is 0 Å². The van der Waals surface area contributed by atoms with Gasteiger partial charge in [-0.05, 0) is 18.4 Å². The number of hydrogen-bond acceptors (Lipinski definition) is 1. The molecule has 10 heavy (non-hydrogen) atoms. The van der Waals surface area contributed by atoms with Gasteiger partial charge in [-0.3, -0.25) is 4.79 Å². The summed E-state index contributed by atoms with van der Waals surface area (Å²) in [7, 11) is 0. The van der Waals surface area contributed by atoms with Gasteiger partial charge in [-0.1, -0.05) is 19.1 Å². The minimum Gasteiger partial charge on any atom is -0.295 e. The normalized spacial score (nSPS) is 31.1. The fourth-order valence-electron chi connectivity index (χ4n) is 1.27. The molecule has 0 saturated heterocycles. The van der Waals surface area contributed by atoms with Crippen molar-refractivity contribution in [3.8, 4) is 0 Å². The molecular weight excluding hydrogens is 124 g/mol. The van der Waals surface area contributed by atoms with Crippen molar-refractivity contribution in [2.24, 2.45) is 11.8 Å². The summed E-state index contributed by atoms with van der Waals surface area (Å²) < 4.78 is 0. The number of carbonyl (C=O) groups excluding carboxylic acids is 1. The Balaban J connectivity index is 2.59. The Hall–Kier alpha value is -0.850. The van der Waals surface area contributed by atoms with E-state index in [0.29, 0.717) is 5.92 Å². The molecular formula is C9H12O. The minimum absolute atomic E-state index is 0.178. The Morgan fingerprint density at radius 2 is 2.50 bits per heavy atom. The molecule has 0 spiro atoms. The molecule has 54 valence electrons. The monoisotopic (exact) mass is 136 g/mol. The molecule has 0 fully saturated rings. The van der Waals surface area contributed by atoms with Crippen molar-refractivity contribution in [2.75, 3.05) is 0 Å². The van der Waals surface area contributed by atoms with Crippen LogP contribution in [0.2, 0.25) is 0 Å². The zero-order chi connectivity index (χ0) is 7.56. The number of ketones is 1. The van der Waals surface area contributed by atoms with E-state index in [-0.39, 0.29) is 11.7 Å². The van der Waals surface area contributed by atoms with E-state index in [9.17, 15) is 4.79 Å². The predicted octanol–water partition coefficient (Wildman–Crippen LogP) is 1.95. The molecule has 2 unspecified atom stereocenters. The van der Waals surface area contributed by atoms with Crippen molar-refractivity contribution in [1.29, 1.82) is 0 Å². The number of allylic oxidation sites excluding steroid dienone is 3. The molecule has 0 aromatic heterocycles. The van der Waals surface area contributed by atoms with Crippen molar-refractivity contribution in [3.05, 3.63) is 24.8 Å². The zero-order valence-electron chi connectivity index (χ0n) is 6.21. The van der Waals surface area contributed by atoms with E-state index < -0.39 is 0 Å². The largest absolute Gasteiger partial charge is 0.295 e. The molecule has 0 amide bonds. The van der Waals surface area contributed by atoms with Gasteiger partial charge in [-0.15, -0.1) is 6.58 Å². The van der Waals surface area contributed by atoms with Gasteiger partial charge >= 0.3 is 0 Å². The fourth-order valence-corrected chi connectivity index (χ4v) is 1.27. The second-order valence-corrected chi connectivity index (χ2v) is 2.75. The summed E-state index contributed by atoms with van der Waals surface area (Å²) >= 11 is 0. The van der Waals surface area contributed by atoms with Crippen molar-refractivity contribution < 1.29 is 4.79 Å². The molecule has 0 saturated carbocycles. The van der Waals surface area contributed by atoms with Crippen LogP contribution >= 0.6 is 0 Å². The third kappa shape index (κ3) is 1.18. The van der Waals surface area contributed by atoms with Gasteiger partial charge in [0.25, 0.3) is 0 Å². The van der Waals surface area contributed by atoms with Crippen LogP contribution in [0.4, 0.5) is 0 Å². The molecule has 1 nitrogen and oxygen atoms in total. The minimum atomic E-state index is 0.178. The van der Waals surface area contributed by atoms with E-state index >= 15 is 0 Å². The van der Waals surface area contributed by atoms with Crippen LogP contribution in [0.15, 0.2) is 24.8 Å². The van der Waals surface area contributed by atoms with Gasteiger partial charge in [0, 0.05) is 5.92 Å². The van der Waals surface area contributed by atoms with E-state index in [2.05, 4.69) is 13.5 Å². The average molecular weight is 136 g/mol. The summed E-state index contributed by atoms with van der Waals surface area (Å²) in [6.07, 6.45) is 6.27. The third-order valence-electron chi connectivity index (χ3n) is 1.98. The molecule has 1 aliphatic rings. The second kappa shape index (κ2) is 2.82. The second-order valence-electron chi connectivity index (χ2n) is 2.75. The fraction of sp³-hybridized carbons (Fsp3) is 0.444. The van der Waals surface area contributed by atoms with E-state index in [1.165, 1.54) is 0 Å². The van der Waals surface area contributed by atoms with Gasteiger partial charge < -0.3 is 0 Å². The Kier molecular flexibility index (Phi) is 2.05. The molecule has 0 radical (unpaired) electrons. The SMILES string of the molecule is C=CCC1C(=O)C=CC1C. The summed E-state index contributed by atoms with van der Waals surface area (Å²) in [5, 5.41) is 0. The number of rotatable bonds is 2. The highest BCUT2D eigenvalue weighted by Crippen LogP contribution is 2.24. The smallest absolute Gasteiger partial charge is 0.159 e. The maximum absolute atomic E-state index is 11.0.